The van der Waals surface area contributed by atoms with Crippen molar-refractivity contribution >= 4 is 46.2 Å². The predicted molar refractivity (Wildman–Crippen MR) is 82.7 cm³/mol. The van der Waals surface area contributed by atoms with E-state index in [2.05, 4.69) is 10.2 Å². The third-order valence-corrected chi connectivity index (χ3v) is 3.97. The van der Waals surface area contributed by atoms with Crippen LogP contribution in [0.1, 0.15) is 25.7 Å². The van der Waals surface area contributed by atoms with Crippen molar-refractivity contribution in [2.45, 2.75) is 25.7 Å². The molecule has 0 spiro atoms. The Labute approximate surface area is 123 Å². The summed E-state index contributed by atoms with van der Waals surface area (Å²) >= 11 is 17.4. The highest BCUT2D eigenvalue weighted by Crippen LogP contribution is 2.25. The molecule has 0 bridgehead atoms. The van der Waals surface area contributed by atoms with Gasteiger partial charge in [0.15, 0.2) is 5.11 Å². The van der Waals surface area contributed by atoms with Crippen molar-refractivity contribution in [3.05, 3.63) is 28.2 Å². The van der Waals surface area contributed by atoms with Crippen molar-refractivity contribution in [3.8, 4) is 0 Å². The Balaban J connectivity index is 2.01. The number of anilines is 1. The van der Waals surface area contributed by atoms with Crippen LogP contribution in [0.25, 0.3) is 0 Å². The van der Waals surface area contributed by atoms with E-state index in [1.807, 2.05) is 6.07 Å². The molecule has 18 heavy (non-hydrogen) atoms. The van der Waals surface area contributed by atoms with Crippen LogP contribution >= 0.6 is 35.4 Å². The van der Waals surface area contributed by atoms with Crippen molar-refractivity contribution in [1.29, 1.82) is 0 Å². The lowest BCUT2D eigenvalue weighted by Gasteiger charge is -2.24. The second-order valence-electron chi connectivity index (χ2n) is 4.46. The molecule has 0 aliphatic carbocycles. The molecule has 0 unspecified atom stereocenters. The van der Waals surface area contributed by atoms with Gasteiger partial charge in [-0.2, -0.15) is 0 Å². The highest BCUT2D eigenvalue weighted by atomic mass is 35.5. The Hall–Kier alpha value is -0.510. The summed E-state index contributed by atoms with van der Waals surface area (Å²) in [5, 5.41) is 5.18. The molecule has 0 radical (unpaired) electrons. The van der Waals surface area contributed by atoms with Gasteiger partial charge >= 0.3 is 0 Å². The molecule has 1 heterocycles. The number of thiocarbonyl (C=S) groups is 1. The Kier molecular flexibility index (Phi) is 5.10. The highest BCUT2D eigenvalue weighted by molar-refractivity contribution is 7.80. The van der Waals surface area contributed by atoms with Crippen LogP contribution in [0.15, 0.2) is 18.2 Å². The minimum Gasteiger partial charge on any atom is -0.349 e. The van der Waals surface area contributed by atoms with Crippen LogP contribution in [0.5, 0.6) is 0 Å². The summed E-state index contributed by atoms with van der Waals surface area (Å²) in [7, 11) is 0. The van der Waals surface area contributed by atoms with Crippen molar-refractivity contribution in [2.24, 2.45) is 0 Å². The summed E-state index contributed by atoms with van der Waals surface area (Å²) in [6.07, 6.45) is 4.99. The number of benzene rings is 1. The van der Waals surface area contributed by atoms with Crippen LogP contribution in [0, 0.1) is 0 Å². The minimum absolute atomic E-state index is 0.597. The second-order valence-corrected chi connectivity index (χ2v) is 5.69. The molecule has 98 valence electrons. The van der Waals surface area contributed by atoms with E-state index < -0.39 is 0 Å². The first-order valence-corrected chi connectivity index (χ1v) is 7.34. The molecule has 0 aromatic heterocycles. The van der Waals surface area contributed by atoms with Gasteiger partial charge in [-0.05, 0) is 43.3 Å². The number of likely N-dealkylation sites (tertiary alicyclic amines) is 1. The van der Waals surface area contributed by atoms with Crippen LogP contribution in [0.3, 0.4) is 0 Å². The zero-order valence-electron chi connectivity index (χ0n) is 10.1. The first kappa shape index (κ1) is 13.9. The van der Waals surface area contributed by atoms with E-state index in [9.17, 15) is 0 Å². The number of halogens is 2. The molecular formula is C13H16Cl2N2S. The summed E-state index contributed by atoms with van der Waals surface area (Å²) in [6, 6.07) is 5.38. The highest BCUT2D eigenvalue weighted by Gasteiger charge is 2.13. The molecular weight excluding hydrogens is 287 g/mol. The SMILES string of the molecule is S=C(Nc1ccc(Cl)cc1Cl)N1CCCCCC1. The van der Waals surface area contributed by atoms with Crippen molar-refractivity contribution in [3.63, 3.8) is 0 Å². The lowest BCUT2D eigenvalue weighted by molar-refractivity contribution is 0.441. The van der Waals surface area contributed by atoms with Gasteiger partial charge < -0.3 is 10.2 Å². The topological polar surface area (TPSA) is 15.3 Å². The molecule has 0 atom stereocenters. The maximum atomic E-state index is 6.12. The minimum atomic E-state index is 0.597. The van der Waals surface area contributed by atoms with Crippen LogP contribution in [0.4, 0.5) is 5.69 Å². The normalized spacial score (nSPS) is 16.2. The van der Waals surface area contributed by atoms with Gasteiger partial charge in [0.05, 0.1) is 10.7 Å². The van der Waals surface area contributed by atoms with Crippen LogP contribution in [-0.2, 0) is 0 Å². The van der Waals surface area contributed by atoms with Crippen molar-refractivity contribution < 1.29 is 0 Å². The van der Waals surface area contributed by atoms with E-state index in [4.69, 9.17) is 35.4 Å². The fourth-order valence-electron chi connectivity index (χ4n) is 2.06. The lowest BCUT2D eigenvalue weighted by Crippen LogP contribution is -2.35. The van der Waals surface area contributed by atoms with Crippen molar-refractivity contribution in [2.75, 3.05) is 18.4 Å². The molecule has 1 saturated heterocycles. The average molecular weight is 303 g/mol. The zero-order valence-corrected chi connectivity index (χ0v) is 12.4. The molecule has 5 heteroatoms. The van der Waals surface area contributed by atoms with E-state index in [1.165, 1.54) is 25.7 Å². The number of hydrogen-bond acceptors (Lipinski definition) is 1. The number of nitrogens with one attached hydrogen (secondary N) is 1. The van der Waals surface area contributed by atoms with E-state index in [0.29, 0.717) is 10.0 Å². The van der Waals surface area contributed by atoms with E-state index in [-0.39, 0.29) is 0 Å². The predicted octanol–water partition coefficient (Wildman–Crippen LogP) is 4.57. The maximum Gasteiger partial charge on any atom is 0.173 e. The third kappa shape index (κ3) is 3.74. The summed E-state index contributed by atoms with van der Waals surface area (Å²) in [5.74, 6) is 0. The van der Waals surface area contributed by atoms with Gasteiger partial charge in [-0.25, -0.2) is 0 Å². The lowest BCUT2D eigenvalue weighted by atomic mass is 10.2. The first-order valence-electron chi connectivity index (χ1n) is 6.18. The van der Waals surface area contributed by atoms with Gasteiger partial charge in [0.2, 0.25) is 0 Å². The molecule has 1 aliphatic rings. The zero-order chi connectivity index (χ0) is 13.0. The molecule has 2 nitrogen and oxygen atoms in total. The summed E-state index contributed by atoms with van der Waals surface area (Å²) in [5.41, 5.74) is 0.815. The monoisotopic (exact) mass is 302 g/mol. The smallest absolute Gasteiger partial charge is 0.173 e. The Morgan fingerprint density at radius 1 is 1.11 bits per heavy atom. The molecule has 2 rings (SSSR count). The van der Waals surface area contributed by atoms with Gasteiger partial charge in [-0.3, -0.25) is 0 Å². The van der Waals surface area contributed by atoms with Gasteiger partial charge in [-0.15, -0.1) is 0 Å². The number of nitrogens with zero attached hydrogens (tertiary/aromatic N) is 1. The summed E-state index contributed by atoms with van der Waals surface area (Å²) in [4.78, 5) is 2.22. The van der Waals surface area contributed by atoms with Crippen molar-refractivity contribution in [1.82, 2.24) is 4.90 Å². The maximum absolute atomic E-state index is 6.12. The standard InChI is InChI=1S/C13H16Cl2N2S/c14-10-5-6-12(11(15)9-10)16-13(18)17-7-3-1-2-4-8-17/h5-6,9H,1-4,7-8H2,(H,16,18). The third-order valence-electron chi connectivity index (χ3n) is 3.07. The fourth-order valence-corrected chi connectivity index (χ4v) is 2.81. The number of hydrogen-bond donors (Lipinski definition) is 1. The first-order chi connectivity index (χ1) is 8.66. The van der Waals surface area contributed by atoms with Gasteiger partial charge in [-0.1, -0.05) is 36.0 Å². The van der Waals surface area contributed by atoms with Crippen LogP contribution < -0.4 is 5.32 Å². The second kappa shape index (κ2) is 6.60. The van der Waals surface area contributed by atoms with Gasteiger partial charge in [0.1, 0.15) is 0 Å². The largest absolute Gasteiger partial charge is 0.349 e. The van der Waals surface area contributed by atoms with E-state index in [1.54, 1.807) is 12.1 Å². The molecule has 0 saturated carbocycles. The average Bonchev–Trinajstić information content (AvgIpc) is 2.61. The Morgan fingerprint density at radius 2 is 1.78 bits per heavy atom. The molecule has 1 fully saturated rings. The van der Waals surface area contributed by atoms with E-state index in [0.717, 1.165) is 23.9 Å². The van der Waals surface area contributed by atoms with Crippen LogP contribution in [0.2, 0.25) is 10.0 Å². The Bertz CT molecular complexity index is 429. The van der Waals surface area contributed by atoms with Gasteiger partial charge in [0, 0.05) is 18.1 Å². The molecule has 1 N–H and O–H groups in total. The number of rotatable bonds is 1. The molecule has 1 aromatic rings. The molecule has 1 aromatic carbocycles. The Morgan fingerprint density at radius 3 is 2.39 bits per heavy atom. The van der Waals surface area contributed by atoms with Crippen LogP contribution in [-0.4, -0.2) is 23.1 Å². The molecule has 0 amide bonds. The summed E-state index contributed by atoms with van der Waals surface area (Å²) < 4.78 is 0. The molecule has 1 aliphatic heterocycles. The van der Waals surface area contributed by atoms with Gasteiger partial charge in [0.25, 0.3) is 0 Å². The van der Waals surface area contributed by atoms with E-state index >= 15 is 0 Å². The quantitative estimate of drug-likeness (QED) is 0.765. The fraction of sp³-hybridized carbons (Fsp3) is 0.462. The summed E-state index contributed by atoms with van der Waals surface area (Å²) in [6.45, 7) is 2.05.